The number of aryl methyl sites for hydroxylation is 1. The molecule has 2 atom stereocenters. The van der Waals surface area contributed by atoms with Gasteiger partial charge in [0.2, 0.25) is 0 Å². The second kappa shape index (κ2) is 4.66. The van der Waals surface area contributed by atoms with E-state index < -0.39 is 0 Å². The Bertz CT molecular complexity index is 534. The highest BCUT2D eigenvalue weighted by Crippen LogP contribution is 2.60. The van der Waals surface area contributed by atoms with Crippen molar-refractivity contribution in [1.29, 1.82) is 0 Å². The number of carbonyl (C=O) groups excluding carboxylic acids is 1. The number of rotatable bonds is 2. The van der Waals surface area contributed by atoms with Gasteiger partial charge in [-0.2, -0.15) is 0 Å². The molecular formula is C17H22N2O. The smallest absolute Gasteiger partial charge is 0.145 e. The first-order chi connectivity index (χ1) is 9.80. The summed E-state index contributed by atoms with van der Waals surface area (Å²) in [6.45, 7) is 2.17. The van der Waals surface area contributed by atoms with Gasteiger partial charge in [-0.3, -0.25) is 9.78 Å². The van der Waals surface area contributed by atoms with Gasteiger partial charge < -0.3 is 5.32 Å². The lowest BCUT2D eigenvalue weighted by molar-refractivity contribution is -0.123. The molecule has 2 aliphatic carbocycles. The van der Waals surface area contributed by atoms with Crippen LogP contribution in [0.1, 0.15) is 49.3 Å². The summed E-state index contributed by atoms with van der Waals surface area (Å²) in [5.74, 6) is 0.897. The first-order valence-corrected chi connectivity index (χ1v) is 7.98. The number of carbonyl (C=O) groups is 1. The molecular weight excluding hydrogens is 248 g/mol. The Hall–Kier alpha value is -1.22. The Morgan fingerprint density at radius 3 is 3.05 bits per heavy atom. The molecule has 0 aromatic carbocycles. The van der Waals surface area contributed by atoms with Crippen LogP contribution < -0.4 is 5.32 Å². The lowest BCUT2D eigenvalue weighted by Gasteiger charge is -2.26. The summed E-state index contributed by atoms with van der Waals surface area (Å²) in [6, 6.07) is 4.14. The Morgan fingerprint density at radius 1 is 1.35 bits per heavy atom. The van der Waals surface area contributed by atoms with E-state index in [4.69, 9.17) is 0 Å². The molecule has 0 amide bonds. The number of aromatic nitrogens is 1. The molecule has 1 aliphatic heterocycles. The molecule has 1 saturated heterocycles. The first-order valence-electron chi connectivity index (χ1n) is 7.98. The summed E-state index contributed by atoms with van der Waals surface area (Å²) in [5.41, 5.74) is 2.74. The average molecular weight is 270 g/mol. The van der Waals surface area contributed by atoms with E-state index >= 15 is 0 Å². The van der Waals surface area contributed by atoms with Gasteiger partial charge in [0.1, 0.15) is 5.78 Å². The molecule has 1 aromatic rings. The Labute approximate surface area is 120 Å². The minimum absolute atomic E-state index is 0.0826. The molecule has 0 radical (unpaired) electrons. The fraction of sp³-hybridized carbons (Fsp3) is 0.647. The van der Waals surface area contributed by atoms with Gasteiger partial charge in [0.25, 0.3) is 0 Å². The maximum atomic E-state index is 12.9. The van der Waals surface area contributed by atoms with E-state index in [1.54, 1.807) is 0 Å². The molecule has 3 nitrogen and oxygen atoms in total. The van der Waals surface area contributed by atoms with Crippen molar-refractivity contribution in [2.75, 3.05) is 13.1 Å². The summed E-state index contributed by atoms with van der Waals surface area (Å²) >= 11 is 0. The van der Waals surface area contributed by atoms with Gasteiger partial charge >= 0.3 is 0 Å². The van der Waals surface area contributed by atoms with Crippen LogP contribution in [-0.2, 0) is 11.2 Å². The summed E-state index contributed by atoms with van der Waals surface area (Å²) in [7, 11) is 0. The zero-order valence-electron chi connectivity index (χ0n) is 11.9. The average Bonchev–Trinajstić information content (AvgIpc) is 3.20. The van der Waals surface area contributed by atoms with Crippen LogP contribution in [0.15, 0.2) is 18.3 Å². The van der Waals surface area contributed by atoms with Crippen LogP contribution in [0.25, 0.3) is 0 Å². The molecule has 1 N–H and O–H groups in total. The highest BCUT2D eigenvalue weighted by atomic mass is 16.1. The van der Waals surface area contributed by atoms with Gasteiger partial charge in [0.05, 0.1) is 11.6 Å². The van der Waals surface area contributed by atoms with Crippen LogP contribution in [0, 0.1) is 11.3 Å². The number of hydrogen-bond acceptors (Lipinski definition) is 3. The maximum Gasteiger partial charge on any atom is 0.145 e. The Kier molecular flexibility index (Phi) is 2.92. The van der Waals surface area contributed by atoms with Crippen molar-refractivity contribution in [1.82, 2.24) is 10.3 Å². The fourth-order valence-corrected chi connectivity index (χ4v) is 4.36. The van der Waals surface area contributed by atoms with Gasteiger partial charge in [0.15, 0.2) is 0 Å². The van der Waals surface area contributed by atoms with Crippen molar-refractivity contribution in [2.24, 2.45) is 11.3 Å². The predicted octanol–water partition coefficient (Wildman–Crippen LogP) is 2.46. The number of ketones is 1. The molecule has 1 saturated carbocycles. The van der Waals surface area contributed by atoms with Crippen LogP contribution >= 0.6 is 0 Å². The quantitative estimate of drug-likeness (QED) is 0.897. The van der Waals surface area contributed by atoms with Gasteiger partial charge in [-0.05, 0) is 68.7 Å². The standard InChI is InChI=1S/C17H22N2O/c20-16(14-11-17(14)6-9-18-10-7-17)13-5-1-3-12-4-2-8-19-15(12)13/h2,4,8,13-14,18H,1,3,5-7,9-11H2. The molecule has 2 heterocycles. The third-order valence-corrected chi connectivity index (χ3v) is 5.67. The number of Topliss-reactive ketones (excluding diaryl/α,β-unsaturated/α-hetero) is 1. The van der Waals surface area contributed by atoms with Crippen LogP contribution in [-0.4, -0.2) is 23.9 Å². The number of nitrogens with one attached hydrogen (secondary N) is 1. The molecule has 1 aromatic heterocycles. The van der Waals surface area contributed by atoms with Crippen molar-refractivity contribution in [3.63, 3.8) is 0 Å². The van der Waals surface area contributed by atoms with E-state index in [-0.39, 0.29) is 5.92 Å². The number of piperidine rings is 1. The molecule has 1 spiro atoms. The molecule has 2 fully saturated rings. The van der Waals surface area contributed by atoms with E-state index in [9.17, 15) is 4.79 Å². The van der Waals surface area contributed by atoms with Crippen molar-refractivity contribution in [2.45, 2.75) is 44.4 Å². The first kappa shape index (κ1) is 12.5. The van der Waals surface area contributed by atoms with E-state index in [2.05, 4.69) is 16.4 Å². The molecule has 3 aliphatic rings. The van der Waals surface area contributed by atoms with E-state index in [0.717, 1.165) is 44.5 Å². The van der Waals surface area contributed by atoms with Gasteiger partial charge in [0, 0.05) is 12.1 Å². The molecule has 0 bridgehead atoms. The number of hydrogen-bond donors (Lipinski definition) is 1. The lowest BCUT2D eigenvalue weighted by Crippen LogP contribution is -2.32. The Balaban J connectivity index is 1.56. The molecule has 4 rings (SSSR count). The van der Waals surface area contributed by atoms with E-state index in [1.807, 2.05) is 12.3 Å². The van der Waals surface area contributed by atoms with Crippen LogP contribution in [0.3, 0.4) is 0 Å². The lowest BCUT2D eigenvalue weighted by atomic mass is 9.80. The van der Waals surface area contributed by atoms with Crippen molar-refractivity contribution in [3.8, 4) is 0 Å². The third-order valence-electron chi connectivity index (χ3n) is 5.67. The Morgan fingerprint density at radius 2 is 2.20 bits per heavy atom. The molecule has 2 unspecified atom stereocenters. The number of nitrogens with zero attached hydrogens (tertiary/aromatic N) is 1. The predicted molar refractivity (Wildman–Crippen MR) is 77.6 cm³/mol. The molecule has 20 heavy (non-hydrogen) atoms. The minimum Gasteiger partial charge on any atom is -0.317 e. The van der Waals surface area contributed by atoms with Crippen molar-refractivity contribution < 1.29 is 4.79 Å². The van der Waals surface area contributed by atoms with E-state index in [1.165, 1.54) is 18.4 Å². The molecule has 3 heteroatoms. The van der Waals surface area contributed by atoms with Crippen LogP contribution in [0.2, 0.25) is 0 Å². The SMILES string of the molecule is O=C(C1CCCc2cccnc21)C1CC12CCNCC2. The normalized spacial score (nSPS) is 30.8. The second-order valence-corrected chi connectivity index (χ2v) is 6.76. The number of pyridine rings is 1. The maximum absolute atomic E-state index is 12.9. The second-order valence-electron chi connectivity index (χ2n) is 6.76. The van der Waals surface area contributed by atoms with Gasteiger partial charge in [-0.25, -0.2) is 0 Å². The zero-order valence-corrected chi connectivity index (χ0v) is 11.9. The highest BCUT2D eigenvalue weighted by molar-refractivity contribution is 5.91. The van der Waals surface area contributed by atoms with Gasteiger partial charge in [-0.1, -0.05) is 6.07 Å². The van der Waals surface area contributed by atoms with E-state index in [0.29, 0.717) is 17.1 Å². The van der Waals surface area contributed by atoms with Crippen molar-refractivity contribution in [3.05, 3.63) is 29.6 Å². The summed E-state index contributed by atoms with van der Waals surface area (Å²) in [5, 5.41) is 3.41. The van der Waals surface area contributed by atoms with Crippen molar-refractivity contribution >= 4 is 5.78 Å². The minimum atomic E-state index is 0.0826. The van der Waals surface area contributed by atoms with Crippen LogP contribution in [0.4, 0.5) is 0 Å². The largest absolute Gasteiger partial charge is 0.317 e. The van der Waals surface area contributed by atoms with Crippen LogP contribution in [0.5, 0.6) is 0 Å². The zero-order chi connectivity index (χ0) is 13.6. The highest BCUT2D eigenvalue weighted by Gasteiger charge is 2.58. The summed E-state index contributed by atoms with van der Waals surface area (Å²) in [4.78, 5) is 17.5. The monoisotopic (exact) mass is 270 g/mol. The summed E-state index contributed by atoms with van der Waals surface area (Å²) in [6.07, 6.45) is 8.58. The fourth-order valence-electron chi connectivity index (χ4n) is 4.36. The van der Waals surface area contributed by atoms with Gasteiger partial charge in [-0.15, -0.1) is 0 Å². The third kappa shape index (κ3) is 1.91. The number of fused-ring (bicyclic) bond motifs is 1. The summed E-state index contributed by atoms with van der Waals surface area (Å²) < 4.78 is 0. The molecule has 106 valence electrons. The topological polar surface area (TPSA) is 42.0 Å².